The first kappa shape index (κ1) is 18.4. The quantitative estimate of drug-likeness (QED) is 0.360. The molecular formula is C16H28N2O2. The van der Waals surface area contributed by atoms with Crippen LogP contribution in [-0.4, -0.2) is 12.7 Å². The highest BCUT2D eigenvalue weighted by molar-refractivity contribution is 5.66. The second-order valence-corrected chi connectivity index (χ2v) is 4.78. The van der Waals surface area contributed by atoms with Gasteiger partial charge in [-0.05, 0) is 31.4 Å². The minimum atomic E-state index is -0.550. The fraction of sp³-hybridized carbons (Fsp3) is 0.562. The second kappa shape index (κ2) is 12.5. The van der Waals surface area contributed by atoms with Crippen molar-refractivity contribution >= 4 is 6.09 Å². The number of amides is 1. The molecule has 4 nitrogen and oxygen atoms in total. The maximum atomic E-state index is 10.4. The molecule has 0 aliphatic rings. The van der Waals surface area contributed by atoms with Crippen molar-refractivity contribution in [3.63, 3.8) is 0 Å². The van der Waals surface area contributed by atoms with Gasteiger partial charge in [0.1, 0.15) is 0 Å². The summed E-state index contributed by atoms with van der Waals surface area (Å²) >= 11 is 0. The van der Waals surface area contributed by atoms with Crippen LogP contribution < -0.4 is 11.3 Å². The van der Waals surface area contributed by atoms with E-state index in [1.165, 1.54) is 30.4 Å². The van der Waals surface area contributed by atoms with E-state index in [4.69, 9.17) is 10.6 Å². The normalized spacial score (nSPS) is 9.40. The summed E-state index contributed by atoms with van der Waals surface area (Å²) in [5.41, 5.74) is 4.64. The summed E-state index contributed by atoms with van der Waals surface area (Å²) in [5, 5.41) is 0. The minimum Gasteiger partial charge on any atom is -0.449 e. The van der Waals surface area contributed by atoms with Crippen molar-refractivity contribution in [3.05, 3.63) is 35.4 Å². The molecule has 0 bridgehead atoms. The van der Waals surface area contributed by atoms with Gasteiger partial charge in [-0.2, -0.15) is 0 Å². The maximum absolute atomic E-state index is 10.4. The number of ether oxygens (including phenoxy) is 1. The summed E-state index contributed by atoms with van der Waals surface area (Å²) in [6, 6.07) is 8.36. The molecule has 0 fully saturated rings. The van der Waals surface area contributed by atoms with Crippen LogP contribution in [-0.2, 0) is 4.74 Å². The number of carbonyl (C=O) groups excluding carboxylic acids is 1. The van der Waals surface area contributed by atoms with Gasteiger partial charge in [0.25, 0.3) is 0 Å². The maximum Gasteiger partial charge on any atom is 0.421 e. The third-order valence-corrected chi connectivity index (χ3v) is 3.02. The Hall–Kier alpha value is -1.55. The van der Waals surface area contributed by atoms with Gasteiger partial charge in [-0.15, -0.1) is 0 Å². The molecule has 4 heteroatoms. The van der Waals surface area contributed by atoms with Crippen LogP contribution in [0.25, 0.3) is 0 Å². The number of unbranched alkanes of at least 4 members (excludes halogenated alkanes) is 4. The highest BCUT2D eigenvalue weighted by Gasteiger charge is 1.96. The van der Waals surface area contributed by atoms with Gasteiger partial charge < -0.3 is 4.74 Å². The van der Waals surface area contributed by atoms with Gasteiger partial charge in [-0.1, -0.05) is 56.9 Å². The number of nitrogens with one attached hydrogen (secondary N) is 1. The molecular weight excluding hydrogens is 252 g/mol. The van der Waals surface area contributed by atoms with Gasteiger partial charge >= 0.3 is 6.09 Å². The third-order valence-electron chi connectivity index (χ3n) is 3.02. The van der Waals surface area contributed by atoms with E-state index in [2.05, 4.69) is 45.0 Å². The highest BCUT2D eigenvalue weighted by atomic mass is 16.5. The fourth-order valence-electron chi connectivity index (χ4n) is 1.57. The van der Waals surface area contributed by atoms with Gasteiger partial charge in [0, 0.05) is 0 Å². The Kier molecular flexibility index (Phi) is 11.5. The van der Waals surface area contributed by atoms with Crippen molar-refractivity contribution in [1.29, 1.82) is 0 Å². The molecule has 0 aromatic heterocycles. The largest absolute Gasteiger partial charge is 0.449 e. The molecule has 114 valence electrons. The topological polar surface area (TPSA) is 64.3 Å². The lowest BCUT2D eigenvalue weighted by Gasteiger charge is -2.02. The fourth-order valence-corrected chi connectivity index (χ4v) is 1.57. The summed E-state index contributed by atoms with van der Waals surface area (Å²) in [6.45, 7) is 6.87. The Morgan fingerprint density at radius 3 is 2.10 bits per heavy atom. The van der Waals surface area contributed by atoms with Crippen LogP contribution >= 0.6 is 0 Å². The third kappa shape index (κ3) is 10.4. The highest BCUT2D eigenvalue weighted by Crippen LogP contribution is 2.03. The Morgan fingerprint density at radius 2 is 1.65 bits per heavy atom. The van der Waals surface area contributed by atoms with Crippen molar-refractivity contribution in [1.82, 2.24) is 5.43 Å². The van der Waals surface area contributed by atoms with Gasteiger partial charge in [-0.25, -0.2) is 10.6 Å². The van der Waals surface area contributed by atoms with E-state index in [0.29, 0.717) is 6.61 Å². The SMILES string of the molecule is CCCCCCCOC(=O)NN.Cc1ccccc1C. The average molecular weight is 280 g/mol. The zero-order valence-corrected chi connectivity index (χ0v) is 12.9. The van der Waals surface area contributed by atoms with E-state index < -0.39 is 6.09 Å². The van der Waals surface area contributed by atoms with E-state index in [-0.39, 0.29) is 0 Å². The van der Waals surface area contributed by atoms with Crippen molar-refractivity contribution in [2.45, 2.75) is 52.9 Å². The molecule has 1 aromatic carbocycles. The van der Waals surface area contributed by atoms with Crippen LogP contribution in [0.1, 0.15) is 50.2 Å². The smallest absolute Gasteiger partial charge is 0.421 e. The first-order chi connectivity index (χ1) is 9.61. The van der Waals surface area contributed by atoms with E-state index in [1.54, 1.807) is 0 Å². The number of hydrogen-bond acceptors (Lipinski definition) is 3. The number of nitrogens with two attached hydrogens (primary N) is 1. The zero-order valence-electron chi connectivity index (χ0n) is 12.9. The number of rotatable bonds is 6. The molecule has 0 atom stereocenters. The molecule has 0 unspecified atom stereocenters. The lowest BCUT2D eigenvalue weighted by atomic mass is 10.1. The predicted octanol–water partition coefficient (Wildman–Crippen LogP) is 3.86. The molecule has 1 aromatic rings. The molecule has 1 amide bonds. The predicted molar refractivity (Wildman–Crippen MR) is 83.3 cm³/mol. The minimum absolute atomic E-state index is 0.465. The summed E-state index contributed by atoms with van der Waals surface area (Å²) < 4.78 is 4.70. The zero-order chi connectivity index (χ0) is 15.2. The Morgan fingerprint density at radius 1 is 1.10 bits per heavy atom. The van der Waals surface area contributed by atoms with Gasteiger partial charge in [0.2, 0.25) is 0 Å². The molecule has 0 saturated heterocycles. The number of hydrazine groups is 1. The Bertz CT molecular complexity index is 346. The van der Waals surface area contributed by atoms with Crippen molar-refractivity contribution < 1.29 is 9.53 Å². The number of aryl methyl sites for hydroxylation is 2. The van der Waals surface area contributed by atoms with Crippen LogP contribution in [0.3, 0.4) is 0 Å². The second-order valence-electron chi connectivity index (χ2n) is 4.78. The van der Waals surface area contributed by atoms with Crippen molar-refractivity contribution in [3.8, 4) is 0 Å². The summed E-state index contributed by atoms with van der Waals surface area (Å²) in [4.78, 5) is 10.4. The first-order valence-electron chi connectivity index (χ1n) is 7.27. The molecule has 0 radical (unpaired) electrons. The number of carbonyl (C=O) groups is 1. The van der Waals surface area contributed by atoms with E-state index >= 15 is 0 Å². The molecule has 3 N–H and O–H groups in total. The Labute approximate surface area is 122 Å². The van der Waals surface area contributed by atoms with Crippen molar-refractivity contribution in [2.75, 3.05) is 6.61 Å². The lowest BCUT2D eigenvalue weighted by Crippen LogP contribution is -2.30. The van der Waals surface area contributed by atoms with Crippen molar-refractivity contribution in [2.24, 2.45) is 5.84 Å². The molecule has 0 spiro atoms. The summed E-state index contributed by atoms with van der Waals surface area (Å²) in [6.07, 6.45) is 5.18. The molecule has 0 aliphatic carbocycles. The number of hydrogen-bond donors (Lipinski definition) is 2. The van der Waals surface area contributed by atoms with Crippen LogP contribution in [0.5, 0.6) is 0 Å². The molecule has 0 heterocycles. The molecule has 0 aliphatic heterocycles. The molecule has 1 rings (SSSR count). The monoisotopic (exact) mass is 280 g/mol. The lowest BCUT2D eigenvalue weighted by molar-refractivity contribution is 0.144. The Balaban J connectivity index is 0.000000388. The summed E-state index contributed by atoms with van der Waals surface area (Å²) in [5.74, 6) is 4.81. The van der Waals surface area contributed by atoms with E-state index in [9.17, 15) is 4.79 Å². The van der Waals surface area contributed by atoms with Gasteiger partial charge in [0.05, 0.1) is 6.61 Å². The van der Waals surface area contributed by atoms with Crippen LogP contribution in [0.15, 0.2) is 24.3 Å². The van der Waals surface area contributed by atoms with Crippen LogP contribution in [0, 0.1) is 13.8 Å². The molecule has 20 heavy (non-hydrogen) atoms. The van der Waals surface area contributed by atoms with E-state index in [0.717, 1.165) is 12.8 Å². The van der Waals surface area contributed by atoms with Gasteiger partial charge in [0.15, 0.2) is 0 Å². The number of benzene rings is 1. The summed E-state index contributed by atoms with van der Waals surface area (Å²) in [7, 11) is 0. The van der Waals surface area contributed by atoms with E-state index in [1.807, 2.05) is 5.43 Å². The van der Waals surface area contributed by atoms with Crippen LogP contribution in [0.2, 0.25) is 0 Å². The average Bonchev–Trinajstić information content (AvgIpc) is 2.46. The van der Waals surface area contributed by atoms with Gasteiger partial charge in [-0.3, -0.25) is 5.43 Å². The molecule has 0 saturated carbocycles. The standard InChI is InChI=1S/C8H18N2O2.C8H10/c1-2-3-4-5-6-7-12-8(11)10-9;1-7-5-3-4-6-8(7)2/h2-7,9H2,1H3,(H,10,11);3-6H,1-2H3. The van der Waals surface area contributed by atoms with Crippen LogP contribution in [0.4, 0.5) is 4.79 Å². The first-order valence-corrected chi connectivity index (χ1v) is 7.27.